The van der Waals surface area contributed by atoms with Gasteiger partial charge in [-0.2, -0.15) is 13.2 Å². The Morgan fingerprint density at radius 1 is 1.56 bits per heavy atom. The van der Waals surface area contributed by atoms with Crippen molar-refractivity contribution in [3.05, 3.63) is 16.6 Å². The first-order chi connectivity index (χ1) is 7.49. The zero-order valence-electron chi connectivity index (χ0n) is 8.75. The van der Waals surface area contributed by atoms with E-state index in [1.807, 2.05) is 6.92 Å². The van der Waals surface area contributed by atoms with Crippen LogP contribution in [0.15, 0.2) is 11.7 Å². The smallest absolute Gasteiger partial charge is 0.371 e. The molecule has 0 aliphatic heterocycles. The zero-order chi connectivity index (χ0) is 12.0. The van der Waals surface area contributed by atoms with E-state index in [2.05, 4.69) is 15.0 Å². The van der Waals surface area contributed by atoms with Crippen LogP contribution in [0, 0.1) is 0 Å². The Balaban J connectivity index is 2.08. The third-order valence-electron chi connectivity index (χ3n) is 1.84. The van der Waals surface area contributed by atoms with Gasteiger partial charge < -0.3 is 10.1 Å². The molecule has 3 nitrogen and oxygen atoms in total. The van der Waals surface area contributed by atoms with Gasteiger partial charge in [-0.05, 0) is 6.92 Å². The van der Waals surface area contributed by atoms with Crippen LogP contribution in [0.4, 0.5) is 13.2 Å². The number of alkyl halides is 3. The molecule has 0 aromatic carbocycles. The van der Waals surface area contributed by atoms with Crippen molar-refractivity contribution in [2.24, 2.45) is 0 Å². The maximum absolute atomic E-state index is 11.7. The molecule has 1 rings (SSSR count). The van der Waals surface area contributed by atoms with E-state index in [-0.39, 0.29) is 12.6 Å². The molecule has 0 radical (unpaired) electrons. The Labute approximate surface area is 95.6 Å². The predicted octanol–water partition coefficient (Wildman–Crippen LogP) is 2.37. The van der Waals surface area contributed by atoms with Crippen LogP contribution in [0.25, 0.3) is 0 Å². The molecule has 1 atom stereocenters. The third-order valence-corrected chi connectivity index (χ3v) is 2.80. The number of rotatable bonds is 6. The fraction of sp³-hybridized carbons (Fsp3) is 0.667. The first-order valence-electron chi connectivity index (χ1n) is 4.75. The van der Waals surface area contributed by atoms with Gasteiger partial charge in [-0.15, -0.1) is 11.3 Å². The monoisotopic (exact) mass is 254 g/mol. The zero-order valence-corrected chi connectivity index (χ0v) is 9.57. The minimum absolute atomic E-state index is 0.0443. The summed E-state index contributed by atoms with van der Waals surface area (Å²) >= 11 is 1.50. The Kier molecular flexibility index (Phi) is 5.17. The molecule has 92 valence electrons. The fourth-order valence-corrected chi connectivity index (χ4v) is 1.73. The van der Waals surface area contributed by atoms with Crippen molar-refractivity contribution >= 4 is 11.3 Å². The molecule has 7 heteroatoms. The van der Waals surface area contributed by atoms with Gasteiger partial charge in [-0.25, -0.2) is 0 Å². The average Bonchev–Trinajstić information content (AvgIpc) is 2.67. The van der Waals surface area contributed by atoms with Gasteiger partial charge in [0.2, 0.25) is 0 Å². The van der Waals surface area contributed by atoms with E-state index in [1.54, 1.807) is 11.7 Å². The van der Waals surface area contributed by atoms with Crippen LogP contribution in [-0.2, 0) is 4.74 Å². The van der Waals surface area contributed by atoms with Crippen LogP contribution >= 0.6 is 11.3 Å². The molecule has 0 saturated heterocycles. The first kappa shape index (κ1) is 13.4. The summed E-state index contributed by atoms with van der Waals surface area (Å²) in [6, 6.07) is 0.0852. The van der Waals surface area contributed by atoms with E-state index in [0.717, 1.165) is 4.88 Å². The second-order valence-electron chi connectivity index (χ2n) is 3.25. The van der Waals surface area contributed by atoms with Crippen molar-refractivity contribution in [1.29, 1.82) is 0 Å². The number of hydrogen-bond donors (Lipinski definition) is 1. The third kappa shape index (κ3) is 5.43. The molecule has 1 aromatic rings. The summed E-state index contributed by atoms with van der Waals surface area (Å²) < 4.78 is 39.6. The number of thiazole rings is 1. The SMILES string of the molecule is CC(NCCOCC(F)(F)F)c1cncs1. The number of nitrogens with one attached hydrogen (secondary N) is 1. The van der Waals surface area contributed by atoms with Crippen LogP contribution in [0.3, 0.4) is 0 Å². The van der Waals surface area contributed by atoms with Gasteiger partial charge in [-0.3, -0.25) is 4.98 Å². The molecule has 1 N–H and O–H groups in total. The molecule has 0 spiro atoms. The van der Waals surface area contributed by atoms with Crippen molar-refractivity contribution in [3.63, 3.8) is 0 Å². The van der Waals surface area contributed by atoms with Gasteiger partial charge in [-0.1, -0.05) is 0 Å². The number of hydrogen-bond acceptors (Lipinski definition) is 4. The highest BCUT2D eigenvalue weighted by Crippen LogP contribution is 2.16. The minimum Gasteiger partial charge on any atom is -0.371 e. The molecule has 0 aliphatic carbocycles. The van der Waals surface area contributed by atoms with Crippen LogP contribution in [-0.4, -0.2) is 30.9 Å². The van der Waals surface area contributed by atoms with E-state index >= 15 is 0 Å². The van der Waals surface area contributed by atoms with E-state index < -0.39 is 12.8 Å². The molecule has 16 heavy (non-hydrogen) atoms. The van der Waals surface area contributed by atoms with E-state index in [0.29, 0.717) is 6.54 Å². The highest BCUT2D eigenvalue weighted by Gasteiger charge is 2.27. The highest BCUT2D eigenvalue weighted by atomic mass is 32.1. The molecule has 0 fully saturated rings. The summed E-state index contributed by atoms with van der Waals surface area (Å²) in [5, 5.41) is 3.05. The van der Waals surface area contributed by atoms with Gasteiger partial charge in [0, 0.05) is 23.7 Å². The molecule has 1 unspecified atom stereocenters. The van der Waals surface area contributed by atoms with E-state index in [9.17, 15) is 13.2 Å². The molecule has 0 aliphatic rings. The summed E-state index contributed by atoms with van der Waals surface area (Å²) in [5.74, 6) is 0. The quantitative estimate of drug-likeness (QED) is 0.791. The Morgan fingerprint density at radius 3 is 2.88 bits per heavy atom. The number of aromatic nitrogens is 1. The molecule has 1 heterocycles. The van der Waals surface area contributed by atoms with Crippen LogP contribution < -0.4 is 5.32 Å². The molecule has 0 amide bonds. The number of nitrogens with zero attached hydrogens (tertiary/aromatic N) is 1. The van der Waals surface area contributed by atoms with Gasteiger partial charge in [0.05, 0.1) is 12.1 Å². The second kappa shape index (κ2) is 6.17. The fourth-order valence-electron chi connectivity index (χ4n) is 1.08. The molecule has 0 bridgehead atoms. The summed E-state index contributed by atoms with van der Waals surface area (Å²) in [5.41, 5.74) is 1.72. The molecular formula is C9H13F3N2OS. The lowest BCUT2D eigenvalue weighted by Gasteiger charge is -2.12. The number of halogens is 3. The summed E-state index contributed by atoms with van der Waals surface area (Å²) in [6.45, 7) is 1.17. The first-order valence-corrected chi connectivity index (χ1v) is 5.63. The van der Waals surface area contributed by atoms with Crippen molar-refractivity contribution in [3.8, 4) is 0 Å². The van der Waals surface area contributed by atoms with Crippen molar-refractivity contribution < 1.29 is 17.9 Å². The normalized spacial score (nSPS) is 14.0. The van der Waals surface area contributed by atoms with Crippen LogP contribution in [0.5, 0.6) is 0 Å². The van der Waals surface area contributed by atoms with Crippen LogP contribution in [0.2, 0.25) is 0 Å². The maximum Gasteiger partial charge on any atom is 0.411 e. The van der Waals surface area contributed by atoms with Gasteiger partial charge in [0.1, 0.15) is 6.61 Å². The maximum atomic E-state index is 11.7. The van der Waals surface area contributed by atoms with Gasteiger partial charge in [0.25, 0.3) is 0 Å². The summed E-state index contributed by atoms with van der Waals surface area (Å²) in [6.07, 6.45) is -2.51. The highest BCUT2D eigenvalue weighted by molar-refractivity contribution is 7.09. The van der Waals surface area contributed by atoms with Gasteiger partial charge in [0.15, 0.2) is 0 Å². The minimum atomic E-state index is -4.25. The topological polar surface area (TPSA) is 34.1 Å². The Hall–Kier alpha value is -0.660. The van der Waals surface area contributed by atoms with Crippen LogP contribution in [0.1, 0.15) is 17.8 Å². The van der Waals surface area contributed by atoms with Crippen molar-refractivity contribution in [2.75, 3.05) is 19.8 Å². The lowest BCUT2D eigenvalue weighted by molar-refractivity contribution is -0.173. The molecule has 1 aromatic heterocycles. The van der Waals surface area contributed by atoms with Crippen molar-refractivity contribution in [1.82, 2.24) is 10.3 Å². The van der Waals surface area contributed by atoms with E-state index in [4.69, 9.17) is 0 Å². The predicted molar refractivity (Wildman–Crippen MR) is 55.4 cm³/mol. The summed E-state index contributed by atoms with van der Waals surface area (Å²) in [7, 11) is 0. The lowest BCUT2D eigenvalue weighted by Crippen LogP contribution is -2.25. The summed E-state index contributed by atoms with van der Waals surface area (Å²) in [4.78, 5) is 4.97. The molecule has 0 saturated carbocycles. The van der Waals surface area contributed by atoms with Crippen molar-refractivity contribution in [2.45, 2.75) is 19.1 Å². The lowest BCUT2D eigenvalue weighted by atomic mass is 10.3. The Bertz CT molecular complexity index is 289. The molecular weight excluding hydrogens is 241 g/mol. The Morgan fingerprint density at radius 2 is 2.31 bits per heavy atom. The largest absolute Gasteiger partial charge is 0.411 e. The standard InChI is InChI=1S/C9H13F3N2OS/c1-7(8-4-13-6-16-8)14-2-3-15-5-9(10,11)12/h4,6-7,14H,2-3,5H2,1H3. The van der Waals surface area contributed by atoms with E-state index in [1.165, 1.54) is 11.3 Å². The number of ether oxygens (including phenoxy) is 1. The average molecular weight is 254 g/mol. The second-order valence-corrected chi connectivity index (χ2v) is 4.17. The van der Waals surface area contributed by atoms with Gasteiger partial charge >= 0.3 is 6.18 Å².